The van der Waals surface area contributed by atoms with Gasteiger partial charge in [0.05, 0.1) is 0 Å². The van der Waals surface area contributed by atoms with Gasteiger partial charge in [-0.25, -0.2) is 9.55 Å². The van der Waals surface area contributed by atoms with Gasteiger partial charge in [0.15, 0.2) is 12.0 Å². The van der Waals surface area contributed by atoms with Crippen LogP contribution in [0.3, 0.4) is 0 Å². The average molecular weight is 229 g/mol. The minimum atomic E-state index is -0.438. The van der Waals surface area contributed by atoms with E-state index in [4.69, 9.17) is 0 Å². The molecule has 1 aromatic carbocycles. The molecule has 1 heterocycles. The zero-order chi connectivity index (χ0) is 12.3. The molecule has 0 atom stereocenters. The first-order valence-electron chi connectivity index (χ1n) is 5.08. The minimum Gasteiger partial charge on any atom is -0.358 e. The summed E-state index contributed by atoms with van der Waals surface area (Å²) in [5.41, 5.74) is 1.29. The highest BCUT2D eigenvalue weighted by molar-refractivity contribution is 5.52. The predicted molar refractivity (Wildman–Crippen MR) is 64.5 cm³/mol. The van der Waals surface area contributed by atoms with Gasteiger partial charge in [0.1, 0.15) is 6.54 Å². The van der Waals surface area contributed by atoms with Crippen LogP contribution in [0.25, 0.3) is 6.08 Å². The van der Waals surface area contributed by atoms with Gasteiger partial charge < -0.3 is 10.1 Å². The van der Waals surface area contributed by atoms with Crippen LogP contribution in [0.15, 0.2) is 43.2 Å². The second-order valence-corrected chi connectivity index (χ2v) is 3.53. The van der Waals surface area contributed by atoms with Crippen molar-refractivity contribution in [3.63, 3.8) is 0 Å². The van der Waals surface area contributed by atoms with Crippen LogP contribution in [-0.4, -0.2) is 14.5 Å². The van der Waals surface area contributed by atoms with Crippen LogP contribution in [0.5, 0.6) is 0 Å². The van der Waals surface area contributed by atoms with Crippen molar-refractivity contribution in [2.24, 2.45) is 0 Å². The summed E-state index contributed by atoms with van der Waals surface area (Å²) in [7, 11) is 0. The quantitative estimate of drug-likeness (QED) is 0.597. The third kappa shape index (κ3) is 2.23. The van der Waals surface area contributed by atoms with Crippen molar-refractivity contribution in [1.29, 1.82) is 0 Å². The van der Waals surface area contributed by atoms with Crippen LogP contribution in [0, 0.1) is 10.1 Å². The molecular weight excluding hydrogens is 218 g/mol. The van der Waals surface area contributed by atoms with E-state index in [1.54, 1.807) is 0 Å². The van der Waals surface area contributed by atoms with Crippen molar-refractivity contribution >= 4 is 11.9 Å². The molecule has 0 aliphatic heterocycles. The van der Waals surface area contributed by atoms with Crippen molar-refractivity contribution in [1.82, 2.24) is 9.55 Å². The standard InChI is InChI=1S/C12H11N3O2/c1-2-11-12(15(16)17)14(9-13-11)8-10-6-4-3-5-7-10/h2-7,9H,1,8H2. The molecule has 5 heteroatoms. The highest BCUT2D eigenvalue weighted by Crippen LogP contribution is 2.19. The van der Waals surface area contributed by atoms with E-state index in [2.05, 4.69) is 11.6 Å². The van der Waals surface area contributed by atoms with Crippen molar-refractivity contribution in [2.45, 2.75) is 6.54 Å². The van der Waals surface area contributed by atoms with Gasteiger partial charge in [0.2, 0.25) is 0 Å². The van der Waals surface area contributed by atoms with Gasteiger partial charge in [-0.3, -0.25) is 0 Å². The van der Waals surface area contributed by atoms with Crippen LogP contribution in [0.1, 0.15) is 11.3 Å². The molecule has 86 valence electrons. The first-order chi connectivity index (χ1) is 8.22. The molecule has 5 nitrogen and oxygen atoms in total. The molecule has 0 bridgehead atoms. The molecular formula is C12H11N3O2. The highest BCUT2D eigenvalue weighted by atomic mass is 16.6. The lowest BCUT2D eigenvalue weighted by atomic mass is 10.2. The largest absolute Gasteiger partial charge is 0.358 e. The SMILES string of the molecule is C=Cc1ncn(Cc2ccccc2)c1[N+](=O)[O-]. The molecule has 0 N–H and O–H groups in total. The zero-order valence-corrected chi connectivity index (χ0v) is 9.11. The van der Waals surface area contributed by atoms with E-state index in [1.807, 2.05) is 30.3 Å². The average Bonchev–Trinajstić information content (AvgIpc) is 2.73. The Morgan fingerprint density at radius 2 is 2.12 bits per heavy atom. The number of imidazole rings is 1. The first kappa shape index (κ1) is 11.1. The van der Waals surface area contributed by atoms with E-state index in [1.165, 1.54) is 17.0 Å². The Morgan fingerprint density at radius 3 is 2.71 bits per heavy atom. The maximum absolute atomic E-state index is 10.9. The normalized spacial score (nSPS) is 10.1. The van der Waals surface area contributed by atoms with E-state index >= 15 is 0 Å². The van der Waals surface area contributed by atoms with E-state index in [0.29, 0.717) is 12.2 Å². The molecule has 0 unspecified atom stereocenters. The molecule has 0 aliphatic rings. The Hall–Kier alpha value is -2.43. The summed E-state index contributed by atoms with van der Waals surface area (Å²) in [5.74, 6) is -0.0242. The number of nitro groups is 1. The topological polar surface area (TPSA) is 61.0 Å². The molecule has 1 aromatic heterocycles. The second-order valence-electron chi connectivity index (χ2n) is 3.53. The summed E-state index contributed by atoms with van der Waals surface area (Å²) < 4.78 is 1.51. The van der Waals surface area contributed by atoms with Crippen molar-refractivity contribution in [3.8, 4) is 0 Å². The summed E-state index contributed by atoms with van der Waals surface area (Å²) in [4.78, 5) is 14.5. The van der Waals surface area contributed by atoms with Gasteiger partial charge in [-0.15, -0.1) is 0 Å². The molecule has 0 aliphatic carbocycles. The lowest BCUT2D eigenvalue weighted by Crippen LogP contribution is -2.03. The van der Waals surface area contributed by atoms with E-state index < -0.39 is 4.92 Å². The number of hydrogen-bond donors (Lipinski definition) is 0. The molecule has 17 heavy (non-hydrogen) atoms. The molecule has 0 amide bonds. The Kier molecular flexibility index (Phi) is 3.00. The van der Waals surface area contributed by atoms with E-state index in [0.717, 1.165) is 5.56 Å². The van der Waals surface area contributed by atoms with Crippen LogP contribution in [-0.2, 0) is 6.54 Å². The summed E-state index contributed by atoms with van der Waals surface area (Å²) in [6.45, 7) is 3.94. The van der Waals surface area contributed by atoms with Crippen molar-refractivity contribution in [3.05, 3.63) is 64.6 Å². The maximum Gasteiger partial charge on any atom is 0.350 e. The molecule has 0 saturated carbocycles. The first-order valence-corrected chi connectivity index (χ1v) is 5.08. The third-order valence-electron chi connectivity index (χ3n) is 2.40. The fraction of sp³-hybridized carbons (Fsp3) is 0.0833. The Labute approximate surface area is 98.2 Å². The number of rotatable bonds is 4. The highest BCUT2D eigenvalue weighted by Gasteiger charge is 2.19. The Balaban J connectivity index is 2.37. The molecule has 0 radical (unpaired) electrons. The van der Waals surface area contributed by atoms with Gasteiger partial charge in [-0.1, -0.05) is 36.9 Å². The maximum atomic E-state index is 10.9. The van der Waals surface area contributed by atoms with Gasteiger partial charge >= 0.3 is 5.82 Å². The molecule has 2 rings (SSSR count). The lowest BCUT2D eigenvalue weighted by Gasteiger charge is -2.01. The zero-order valence-electron chi connectivity index (χ0n) is 9.11. The number of aromatic nitrogens is 2. The third-order valence-corrected chi connectivity index (χ3v) is 2.40. The fourth-order valence-electron chi connectivity index (χ4n) is 1.63. The Morgan fingerprint density at radius 1 is 1.41 bits per heavy atom. The number of hydrogen-bond acceptors (Lipinski definition) is 3. The number of benzene rings is 1. The summed E-state index contributed by atoms with van der Waals surface area (Å²) in [6.07, 6.45) is 2.85. The van der Waals surface area contributed by atoms with E-state index in [9.17, 15) is 10.1 Å². The van der Waals surface area contributed by atoms with Crippen LogP contribution in [0.2, 0.25) is 0 Å². The summed E-state index contributed by atoms with van der Waals surface area (Å²) in [5, 5.41) is 10.9. The smallest absolute Gasteiger partial charge is 0.350 e. The molecule has 0 saturated heterocycles. The van der Waals surface area contributed by atoms with Crippen LogP contribution in [0.4, 0.5) is 5.82 Å². The second kappa shape index (κ2) is 4.61. The van der Waals surface area contributed by atoms with Crippen molar-refractivity contribution in [2.75, 3.05) is 0 Å². The van der Waals surface area contributed by atoms with Gasteiger partial charge in [0, 0.05) is 0 Å². The predicted octanol–water partition coefficient (Wildman–Crippen LogP) is 2.48. The molecule has 0 spiro atoms. The minimum absolute atomic E-state index is 0.0242. The van der Waals surface area contributed by atoms with Gasteiger partial charge in [-0.2, -0.15) is 0 Å². The fourth-order valence-corrected chi connectivity index (χ4v) is 1.63. The summed E-state index contributed by atoms with van der Waals surface area (Å²) in [6, 6.07) is 9.52. The Bertz CT molecular complexity index is 546. The lowest BCUT2D eigenvalue weighted by molar-refractivity contribution is -0.392. The van der Waals surface area contributed by atoms with Crippen molar-refractivity contribution < 1.29 is 4.92 Å². The van der Waals surface area contributed by atoms with E-state index in [-0.39, 0.29) is 5.82 Å². The van der Waals surface area contributed by atoms with Gasteiger partial charge in [0.25, 0.3) is 0 Å². The summed E-state index contributed by atoms with van der Waals surface area (Å²) >= 11 is 0. The number of nitrogens with zero attached hydrogens (tertiary/aromatic N) is 3. The molecule has 2 aromatic rings. The van der Waals surface area contributed by atoms with Crippen LogP contribution < -0.4 is 0 Å². The van der Waals surface area contributed by atoms with Crippen LogP contribution >= 0.6 is 0 Å². The van der Waals surface area contributed by atoms with Gasteiger partial charge in [-0.05, 0) is 16.6 Å². The molecule has 0 fully saturated rings. The monoisotopic (exact) mass is 229 g/mol.